The monoisotopic (exact) mass is 295 g/mol. The van der Waals surface area contributed by atoms with Gasteiger partial charge in [-0.2, -0.15) is 4.98 Å². The van der Waals surface area contributed by atoms with E-state index in [1.165, 1.54) is 12.3 Å². The lowest BCUT2D eigenvalue weighted by atomic mass is 10.2. The average molecular weight is 296 g/mol. The zero-order valence-electron chi connectivity index (χ0n) is 9.51. The van der Waals surface area contributed by atoms with Gasteiger partial charge in [-0.15, -0.1) is 0 Å². The summed E-state index contributed by atoms with van der Waals surface area (Å²) >= 11 is 6.62. The minimum Gasteiger partial charge on any atom is -0.327 e. The molecule has 0 aromatic carbocycles. The third-order valence-corrected chi connectivity index (χ3v) is 3.69. The average Bonchev–Trinajstić information content (AvgIpc) is 2.75. The Morgan fingerprint density at radius 2 is 2.32 bits per heavy atom. The Hall–Kier alpha value is -1.79. The highest BCUT2D eigenvalue weighted by atomic mass is 35.5. The van der Waals surface area contributed by atoms with Crippen molar-refractivity contribution in [3.63, 3.8) is 0 Å². The fraction of sp³-hybridized carbons (Fsp3) is 0.0833. The molecule has 1 aromatic heterocycles. The zero-order chi connectivity index (χ0) is 13.4. The minimum atomic E-state index is -0.560. The van der Waals surface area contributed by atoms with Gasteiger partial charge in [0.25, 0.3) is 0 Å². The second kappa shape index (κ2) is 4.71. The molecule has 1 aromatic rings. The Labute approximate surface area is 116 Å². The van der Waals surface area contributed by atoms with Crippen molar-refractivity contribution >= 4 is 22.9 Å². The van der Waals surface area contributed by atoms with E-state index in [4.69, 9.17) is 11.6 Å². The number of rotatable bonds is 2. The summed E-state index contributed by atoms with van der Waals surface area (Å²) in [4.78, 5) is 19.5. The van der Waals surface area contributed by atoms with Crippen molar-refractivity contribution in [3.05, 3.63) is 56.8 Å². The van der Waals surface area contributed by atoms with Gasteiger partial charge < -0.3 is 4.57 Å². The molecule has 4 nitrogen and oxygen atoms in total. The minimum absolute atomic E-state index is 0.150. The van der Waals surface area contributed by atoms with E-state index in [9.17, 15) is 9.18 Å². The van der Waals surface area contributed by atoms with E-state index in [0.717, 1.165) is 16.2 Å². The summed E-state index contributed by atoms with van der Waals surface area (Å²) in [6, 6.07) is 4.97. The van der Waals surface area contributed by atoms with Crippen LogP contribution in [0.2, 0.25) is 5.15 Å². The van der Waals surface area contributed by atoms with Gasteiger partial charge in [0, 0.05) is 12.4 Å². The quantitative estimate of drug-likeness (QED) is 0.683. The Bertz CT molecular complexity index is 770. The third-order valence-electron chi connectivity index (χ3n) is 2.61. The van der Waals surface area contributed by atoms with Gasteiger partial charge in [0.2, 0.25) is 0 Å². The molecule has 0 N–H and O–H groups in total. The summed E-state index contributed by atoms with van der Waals surface area (Å²) in [5.41, 5.74) is 0.653. The summed E-state index contributed by atoms with van der Waals surface area (Å²) in [6.45, 7) is 0.377. The molecule has 0 unspecified atom stereocenters. The van der Waals surface area contributed by atoms with Crippen LogP contribution in [0.5, 0.6) is 0 Å². The molecule has 7 heteroatoms. The Balaban J connectivity index is 2.01. The van der Waals surface area contributed by atoms with Crippen LogP contribution in [-0.4, -0.2) is 14.5 Å². The van der Waals surface area contributed by atoms with Gasteiger partial charge in [0.05, 0.1) is 11.4 Å². The maximum Gasteiger partial charge on any atom is 0.329 e. The molecule has 3 rings (SSSR count). The van der Waals surface area contributed by atoms with Crippen LogP contribution in [0.3, 0.4) is 0 Å². The molecule has 19 heavy (non-hydrogen) atoms. The molecule has 0 radical (unpaired) electrons. The van der Waals surface area contributed by atoms with E-state index in [-0.39, 0.29) is 10.0 Å². The van der Waals surface area contributed by atoms with Crippen LogP contribution in [0.1, 0.15) is 5.56 Å². The second-order valence-electron chi connectivity index (χ2n) is 3.92. The van der Waals surface area contributed by atoms with E-state index < -0.39 is 5.82 Å². The van der Waals surface area contributed by atoms with Gasteiger partial charge in [-0.1, -0.05) is 22.9 Å². The molecule has 0 spiro atoms. The number of halogens is 2. The van der Waals surface area contributed by atoms with Crippen molar-refractivity contribution in [2.45, 2.75) is 6.54 Å². The first-order chi connectivity index (χ1) is 9.13. The summed E-state index contributed by atoms with van der Waals surface area (Å²) in [5, 5.41) is -0.150. The first-order valence-corrected chi connectivity index (χ1v) is 6.59. The topological polar surface area (TPSA) is 47.8 Å². The molecule has 96 valence electrons. The van der Waals surface area contributed by atoms with Crippen LogP contribution in [0.4, 0.5) is 4.39 Å². The van der Waals surface area contributed by atoms with E-state index in [1.807, 2.05) is 12.1 Å². The van der Waals surface area contributed by atoms with Crippen molar-refractivity contribution < 1.29 is 4.39 Å². The molecule has 3 heterocycles. The van der Waals surface area contributed by atoms with Crippen LogP contribution >= 0.6 is 22.9 Å². The van der Waals surface area contributed by atoms with Gasteiger partial charge >= 0.3 is 4.87 Å². The summed E-state index contributed by atoms with van der Waals surface area (Å²) < 4.78 is 15.1. The summed E-state index contributed by atoms with van der Waals surface area (Å²) in [6.07, 6.45) is 3.29. The highest BCUT2D eigenvalue weighted by molar-refractivity contribution is 7.12. The van der Waals surface area contributed by atoms with Crippen LogP contribution in [-0.2, 0) is 6.54 Å². The van der Waals surface area contributed by atoms with E-state index in [0.29, 0.717) is 17.9 Å². The molecule has 2 aliphatic rings. The molecule has 0 saturated heterocycles. The first-order valence-electron chi connectivity index (χ1n) is 5.39. The molecule has 0 saturated carbocycles. The number of nitrogens with zero attached hydrogens (tertiary/aromatic N) is 3. The van der Waals surface area contributed by atoms with Crippen LogP contribution < -0.4 is 4.87 Å². The largest absolute Gasteiger partial charge is 0.329 e. The first kappa shape index (κ1) is 12.3. The summed E-state index contributed by atoms with van der Waals surface area (Å²) in [7, 11) is 0. The SMILES string of the molecule is O=c1nc2n(Cc3cnc(Cl)c(F)c3)cccc-2s1. The maximum absolute atomic E-state index is 13.3. The lowest BCUT2D eigenvalue weighted by molar-refractivity contribution is 0.616. The second-order valence-corrected chi connectivity index (χ2v) is 5.27. The number of fused-ring (bicyclic) bond motifs is 1. The van der Waals surface area contributed by atoms with Gasteiger partial charge in [0.1, 0.15) is 0 Å². The predicted octanol–water partition coefficient (Wildman–Crippen LogP) is 2.65. The van der Waals surface area contributed by atoms with Gasteiger partial charge in [-0.3, -0.25) is 4.79 Å². The number of pyridine rings is 2. The highest BCUT2D eigenvalue weighted by Crippen LogP contribution is 2.22. The van der Waals surface area contributed by atoms with E-state index >= 15 is 0 Å². The van der Waals surface area contributed by atoms with Crippen LogP contribution in [0.15, 0.2) is 35.4 Å². The highest BCUT2D eigenvalue weighted by Gasteiger charge is 2.12. The fourth-order valence-corrected chi connectivity index (χ4v) is 2.62. The van der Waals surface area contributed by atoms with Crippen LogP contribution in [0.25, 0.3) is 10.7 Å². The molecule has 0 bridgehead atoms. The Morgan fingerprint density at radius 1 is 1.47 bits per heavy atom. The Morgan fingerprint density at radius 3 is 3.11 bits per heavy atom. The normalized spacial score (nSPS) is 11.1. The molecule has 0 aliphatic carbocycles. The standard InChI is InChI=1S/C12H7ClFN3OS/c13-10-8(14)4-7(5-15-10)6-17-3-1-2-9-11(17)16-12(18)19-9/h1-5H,6H2. The summed E-state index contributed by atoms with van der Waals surface area (Å²) in [5.74, 6) is 0.0302. The molecular formula is C12H7ClFN3OS. The van der Waals surface area contributed by atoms with Crippen molar-refractivity contribution in [1.29, 1.82) is 0 Å². The van der Waals surface area contributed by atoms with E-state index in [2.05, 4.69) is 9.97 Å². The molecular weight excluding hydrogens is 289 g/mol. The van der Waals surface area contributed by atoms with E-state index in [1.54, 1.807) is 10.8 Å². The van der Waals surface area contributed by atoms with Crippen molar-refractivity contribution in [2.24, 2.45) is 0 Å². The molecule has 2 aliphatic heterocycles. The maximum atomic E-state index is 13.3. The number of hydrogen-bond acceptors (Lipinski definition) is 4. The smallest absolute Gasteiger partial charge is 0.327 e. The van der Waals surface area contributed by atoms with Crippen LogP contribution in [0, 0.1) is 5.82 Å². The predicted molar refractivity (Wildman–Crippen MR) is 71.3 cm³/mol. The zero-order valence-corrected chi connectivity index (χ0v) is 11.1. The third kappa shape index (κ3) is 2.36. The van der Waals surface area contributed by atoms with Gasteiger partial charge in [-0.05, 0) is 23.8 Å². The Kier molecular flexibility index (Phi) is 3.04. The van der Waals surface area contributed by atoms with Crippen molar-refractivity contribution in [3.8, 4) is 10.7 Å². The lowest BCUT2D eigenvalue weighted by Gasteiger charge is -2.10. The van der Waals surface area contributed by atoms with Gasteiger partial charge in [-0.25, -0.2) is 9.37 Å². The fourth-order valence-electron chi connectivity index (χ4n) is 1.79. The van der Waals surface area contributed by atoms with Crippen molar-refractivity contribution in [2.75, 3.05) is 0 Å². The molecule has 0 atom stereocenters. The van der Waals surface area contributed by atoms with Gasteiger partial charge in [0.15, 0.2) is 16.8 Å². The number of aromatic nitrogens is 3. The molecule has 0 fully saturated rings. The number of hydrogen-bond donors (Lipinski definition) is 0. The lowest BCUT2D eigenvalue weighted by Crippen LogP contribution is -2.06. The van der Waals surface area contributed by atoms with Crippen molar-refractivity contribution in [1.82, 2.24) is 14.5 Å². The number of thiazole rings is 1. The molecule has 0 amide bonds.